The maximum absolute atomic E-state index is 5.76. The van der Waals surface area contributed by atoms with Crippen molar-refractivity contribution in [2.45, 2.75) is 53.4 Å². The number of ether oxygens (including phenoxy) is 1. The fourth-order valence-electron chi connectivity index (χ4n) is 4.59. The summed E-state index contributed by atoms with van der Waals surface area (Å²) in [5.74, 6) is 3.38. The highest BCUT2D eigenvalue weighted by molar-refractivity contribution is 4.97. The van der Waals surface area contributed by atoms with E-state index >= 15 is 0 Å². The Balaban J connectivity index is 2.28. The Morgan fingerprint density at radius 3 is 2.31 bits per heavy atom. The van der Waals surface area contributed by atoms with E-state index in [1.54, 1.807) is 0 Å². The van der Waals surface area contributed by atoms with Gasteiger partial charge in [-0.2, -0.15) is 0 Å². The van der Waals surface area contributed by atoms with Crippen molar-refractivity contribution >= 4 is 0 Å². The quantitative estimate of drug-likeness (QED) is 0.685. The van der Waals surface area contributed by atoms with Crippen LogP contribution in [0.3, 0.4) is 0 Å². The maximum Gasteiger partial charge on any atom is 0.0494 e. The van der Waals surface area contributed by atoms with Gasteiger partial charge in [-0.1, -0.05) is 27.7 Å². The molecule has 3 aliphatic rings. The summed E-state index contributed by atoms with van der Waals surface area (Å²) in [4.78, 5) is 0. The molecule has 94 valence electrons. The number of rotatable bonds is 2. The SMILES string of the molecule is CC(C)C1(C(C)C)CC2CCC1CCOC2. The Hall–Kier alpha value is -0.0400. The Morgan fingerprint density at radius 1 is 1.00 bits per heavy atom. The predicted molar refractivity (Wildman–Crippen MR) is 68.4 cm³/mol. The molecule has 1 heteroatoms. The molecule has 0 aromatic carbocycles. The van der Waals surface area contributed by atoms with Crippen LogP contribution in [0.25, 0.3) is 0 Å². The topological polar surface area (TPSA) is 9.23 Å². The molecule has 2 atom stereocenters. The summed E-state index contributed by atoms with van der Waals surface area (Å²) in [6, 6.07) is 0. The molecular formula is C15H28O. The van der Waals surface area contributed by atoms with Gasteiger partial charge in [0.25, 0.3) is 0 Å². The van der Waals surface area contributed by atoms with Crippen LogP contribution in [-0.4, -0.2) is 13.2 Å². The van der Waals surface area contributed by atoms with E-state index in [2.05, 4.69) is 27.7 Å². The van der Waals surface area contributed by atoms with E-state index in [4.69, 9.17) is 4.74 Å². The van der Waals surface area contributed by atoms with Crippen molar-refractivity contribution in [1.82, 2.24) is 0 Å². The highest BCUT2D eigenvalue weighted by atomic mass is 16.5. The summed E-state index contributed by atoms with van der Waals surface area (Å²) in [7, 11) is 0. The number of hydrogen-bond acceptors (Lipinski definition) is 1. The molecule has 0 spiro atoms. The molecule has 3 rings (SSSR count). The average molecular weight is 224 g/mol. The van der Waals surface area contributed by atoms with Crippen molar-refractivity contribution in [1.29, 1.82) is 0 Å². The first-order valence-corrected chi connectivity index (χ1v) is 7.15. The van der Waals surface area contributed by atoms with Crippen LogP contribution in [0.1, 0.15) is 53.4 Å². The molecule has 1 aliphatic carbocycles. The van der Waals surface area contributed by atoms with Crippen LogP contribution in [0.15, 0.2) is 0 Å². The molecule has 3 fully saturated rings. The van der Waals surface area contributed by atoms with Gasteiger partial charge in [0.1, 0.15) is 0 Å². The summed E-state index contributed by atoms with van der Waals surface area (Å²) >= 11 is 0. The van der Waals surface area contributed by atoms with E-state index in [-0.39, 0.29) is 0 Å². The first-order chi connectivity index (χ1) is 7.57. The zero-order chi connectivity index (χ0) is 11.8. The normalized spacial score (nSPS) is 34.1. The second kappa shape index (κ2) is 4.68. The fraction of sp³-hybridized carbons (Fsp3) is 1.00. The molecule has 0 amide bonds. The lowest BCUT2D eigenvalue weighted by molar-refractivity contribution is -0.0867. The van der Waals surface area contributed by atoms with Crippen LogP contribution in [-0.2, 0) is 4.74 Å². The maximum atomic E-state index is 5.76. The van der Waals surface area contributed by atoms with Gasteiger partial charge in [-0.15, -0.1) is 0 Å². The highest BCUT2D eigenvalue weighted by Crippen LogP contribution is 2.55. The van der Waals surface area contributed by atoms with Gasteiger partial charge in [0.2, 0.25) is 0 Å². The zero-order valence-electron chi connectivity index (χ0n) is 11.5. The number of fused-ring (bicyclic) bond motifs is 5. The standard InChI is InChI=1S/C15H28O/c1-11(2)15(12(3)4)9-13-5-6-14(15)7-8-16-10-13/h11-14H,5-10H2,1-4H3. The average Bonchev–Trinajstić information content (AvgIpc) is 2.17. The van der Waals surface area contributed by atoms with E-state index in [9.17, 15) is 0 Å². The van der Waals surface area contributed by atoms with Crippen molar-refractivity contribution in [2.24, 2.45) is 29.1 Å². The van der Waals surface area contributed by atoms with E-state index in [1.807, 2.05) is 0 Å². The van der Waals surface area contributed by atoms with Gasteiger partial charge >= 0.3 is 0 Å². The minimum Gasteiger partial charge on any atom is -0.381 e. The molecule has 0 aromatic heterocycles. The summed E-state index contributed by atoms with van der Waals surface area (Å²) < 4.78 is 5.76. The van der Waals surface area contributed by atoms with Gasteiger partial charge in [-0.05, 0) is 54.8 Å². The molecule has 2 saturated heterocycles. The minimum absolute atomic E-state index is 0.590. The van der Waals surface area contributed by atoms with Crippen molar-refractivity contribution in [2.75, 3.05) is 13.2 Å². The van der Waals surface area contributed by atoms with Gasteiger partial charge in [-0.25, -0.2) is 0 Å². The second-order valence-corrected chi connectivity index (χ2v) is 6.63. The molecule has 0 radical (unpaired) electrons. The van der Waals surface area contributed by atoms with Crippen molar-refractivity contribution in [3.63, 3.8) is 0 Å². The Morgan fingerprint density at radius 2 is 1.69 bits per heavy atom. The summed E-state index contributed by atoms with van der Waals surface area (Å²) in [6.45, 7) is 11.8. The molecule has 2 heterocycles. The van der Waals surface area contributed by atoms with Crippen molar-refractivity contribution < 1.29 is 4.74 Å². The van der Waals surface area contributed by atoms with Gasteiger partial charge < -0.3 is 4.74 Å². The smallest absolute Gasteiger partial charge is 0.0494 e. The third-order valence-electron chi connectivity index (χ3n) is 5.44. The van der Waals surface area contributed by atoms with Crippen LogP contribution < -0.4 is 0 Å². The fourth-order valence-corrected chi connectivity index (χ4v) is 4.59. The third kappa shape index (κ3) is 1.92. The first kappa shape index (κ1) is 12.4. The van der Waals surface area contributed by atoms with Crippen LogP contribution in [0.5, 0.6) is 0 Å². The first-order valence-electron chi connectivity index (χ1n) is 7.15. The lowest BCUT2D eigenvalue weighted by atomic mass is 9.52. The lowest BCUT2D eigenvalue weighted by Gasteiger charge is -2.54. The predicted octanol–water partition coefficient (Wildman–Crippen LogP) is 4.12. The Bertz CT molecular complexity index is 220. The van der Waals surface area contributed by atoms with Crippen molar-refractivity contribution in [3.8, 4) is 0 Å². The van der Waals surface area contributed by atoms with Crippen LogP contribution in [0.4, 0.5) is 0 Å². The second-order valence-electron chi connectivity index (χ2n) is 6.63. The monoisotopic (exact) mass is 224 g/mol. The van der Waals surface area contributed by atoms with Gasteiger partial charge in [0.15, 0.2) is 0 Å². The van der Waals surface area contributed by atoms with Crippen LogP contribution in [0.2, 0.25) is 0 Å². The van der Waals surface area contributed by atoms with Crippen LogP contribution in [0, 0.1) is 29.1 Å². The van der Waals surface area contributed by atoms with E-state index in [1.165, 1.54) is 25.7 Å². The molecule has 0 aromatic rings. The van der Waals surface area contributed by atoms with Crippen molar-refractivity contribution in [3.05, 3.63) is 0 Å². The largest absolute Gasteiger partial charge is 0.381 e. The summed E-state index contributed by atoms with van der Waals surface area (Å²) in [5, 5.41) is 0. The third-order valence-corrected chi connectivity index (χ3v) is 5.44. The highest BCUT2D eigenvalue weighted by Gasteiger charge is 2.48. The number of hydrogen-bond donors (Lipinski definition) is 0. The summed E-state index contributed by atoms with van der Waals surface area (Å²) in [5.41, 5.74) is 0.590. The summed E-state index contributed by atoms with van der Waals surface area (Å²) in [6.07, 6.45) is 5.56. The molecule has 2 aliphatic heterocycles. The molecule has 16 heavy (non-hydrogen) atoms. The van der Waals surface area contributed by atoms with E-state index in [0.29, 0.717) is 5.41 Å². The molecule has 0 N–H and O–H groups in total. The van der Waals surface area contributed by atoms with Gasteiger partial charge in [0.05, 0.1) is 0 Å². The Labute approximate surface area is 101 Å². The van der Waals surface area contributed by atoms with E-state index in [0.717, 1.165) is 36.9 Å². The molecule has 2 bridgehead atoms. The minimum atomic E-state index is 0.590. The Kier molecular flexibility index (Phi) is 3.63. The molecule has 1 saturated carbocycles. The lowest BCUT2D eigenvalue weighted by Crippen LogP contribution is -2.47. The molecular weight excluding hydrogens is 196 g/mol. The van der Waals surface area contributed by atoms with Gasteiger partial charge in [-0.3, -0.25) is 0 Å². The molecule has 2 unspecified atom stereocenters. The zero-order valence-corrected chi connectivity index (χ0v) is 11.5. The van der Waals surface area contributed by atoms with Crippen LogP contribution >= 0.6 is 0 Å². The molecule has 1 nitrogen and oxygen atoms in total. The van der Waals surface area contributed by atoms with E-state index < -0.39 is 0 Å². The van der Waals surface area contributed by atoms with Gasteiger partial charge in [0, 0.05) is 13.2 Å².